The van der Waals surface area contributed by atoms with Gasteiger partial charge in [0.1, 0.15) is 0 Å². The van der Waals surface area contributed by atoms with Crippen molar-refractivity contribution in [2.24, 2.45) is 5.41 Å². The van der Waals surface area contributed by atoms with Crippen LogP contribution in [0.5, 0.6) is 0 Å². The van der Waals surface area contributed by atoms with Crippen molar-refractivity contribution in [3.05, 3.63) is 156 Å². The highest BCUT2D eigenvalue weighted by molar-refractivity contribution is 6.10. The summed E-state index contributed by atoms with van der Waals surface area (Å²) < 4.78 is 2.51. The number of benzene rings is 4. The third kappa shape index (κ3) is 4.64. The second-order valence-electron chi connectivity index (χ2n) is 11.9. The molecule has 0 spiro atoms. The van der Waals surface area contributed by atoms with E-state index in [0.717, 1.165) is 0 Å². The standard InChI is InChI=1S/C40H35N.C2H6/c1-6-10-36-32(7-2)33-19-17-31(18-20-37(33)40(36,4)5)41-38-21-13-26(3)23-34(38)35-25-30(16-22-39(35)41)29-15-14-27-11-8-9-12-28(27)24-29;1-2/h6-25,31H,1H2,2-5H3;1-2H3/b32-7-,36-10+;. The summed E-state index contributed by atoms with van der Waals surface area (Å²) in [5, 5.41) is 5.15. The summed E-state index contributed by atoms with van der Waals surface area (Å²) in [4.78, 5) is 0. The van der Waals surface area contributed by atoms with Gasteiger partial charge < -0.3 is 4.57 Å². The van der Waals surface area contributed by atoms with E-state index in [1.165, 1.54) is 71.6 Å². The first-order valence-corrected chi connectivity index (χ1v) is 15.6. The largest absolute Gasteiger partial charge is 0.330 e. The number of hydrogen-bond acceptors (Lipinski definition) is 0. The summed E-state index contributed by atoms with van der Waals surface area (Å²) in [6.07, 6.45) is 15.8. The van der Waals surface area contributed by atoms with Gasteiger partial charge in [-0.2, -0.15) is 0 Å². The fourth-order valence-electron chi connectivity index (χ4n) is 6.98. The van der Waals surface area contributed by atoms with E-state index in [9.17, 15) is 0 Å². The van der Waals surface area contributed by atoms with E-state index in [2.05, 4.69) is 154 Å². The molecule has 0 saturated carbocycles. The predicted octanol–water partition coefficient (Wildman–Crippen LogP) is 12.0. The molecule has 1 unspecified atom stereocenters. The third-order valence-corrected chi connectivity index (χ3v) is 9.05. The summed E-state index contributed by atoms with van der Waals surface area (Å²) in [7, 11) is 0. The lowest BCUT2D eigenvalue weighted by molar-refractivity contribution is 0.578. The predicted molar refractivity (Wildman–Crippen MR) is 189 cm³/mol. The lowest BCUT2D eigenvalue weighted by Crippen LogP contribution is -2.12. The molecule has 1 heteroatoms. The van der Waals surface area contributed by atoms with Crippen LogP contribution in [0, 0.1) is 12.3 Å². The van der Waals surface area contributed by atoms with Crippen molar-refractivity contribution in [1.29, 1.82) is 0 Å². The van der Waals surface area contributed by atoms with E-state index in [1.807, 2.05) is 19.9 Å². The molecule has 0 aliphatic heterocycles. The number of hydrogen-bond donors (Lipinski definition) is 0. The van der Waals surface area contributed by atoms with Gasteiger partial charge in [-0.3, -0.25) is 0 Å². The fraction of sp³-hybridized carbons (Fsp3) is 0.190. The van der Waals surface area contributed by atoms with Gasteiger partial charge in [0.05, 0.1) is 6.04 Å². The lowest BCUT2D eigenvalue weighted by Gasteiger charge is -2.24. The SMILES string of the molecule is C=C/C=C1\C(=C/C)C2=C(C=CC(n3c4ccc(C)cc4c4cc(-c5ccc6ccccc6c5)ccc43)C=C2)C1(C)C.CC. The summed E-state index contributed by atoms with van der Waals surface area (Å²) >= 11 is 0. The van der Waals surface area contributed by atoms with Crippen LogP contribution in [0.25, 0.3) is 43.7 Å². The molecular formula is C42H41N. The van der Waals surface area contributed by atoms with Gasteiger partial charge in [0.2, 0.25) is 0 Å². The highest BCUT2D eigenvalue weighted by atomic mass is 15.0. The third-order valence-electron chi connectivity index (χ3n) is 9.05. The molecule has 1 heterocycles. The van der Waals surface area contributed by atoms with Gasteiger partial charge in [-0.05, 0) is 88.4 Å². The van der Waals surface area contributed by atoms with Gasteiger partial charge in [-0.25, -0.2) is 0 Å². The maximum atomic E-state index is 3.98. The molecule has 2 aliphatic rings. The van der Waals surface area contributed by atoms with Gasteiger partial charge >= 0.3 is 0 Å². The lowest BCUT2D eigenvalue weighted by atomic mass is 9.80. The van der Waals surface area contributed by atoms with Crippen LogP contribution >= 0.6 is 0 Å². The molecule has 0 amide bonds. The van der Waals surface area contributed by atoms with Crippen molar-refractivity contribution < 1.29 is 0 Å². The molecule has 43 heavy (non-hydrogen) atoms. The van der Waals surface area contributed by atoms with Gasteiger partial charge in [0.15, 0.2) is 0 Å². The Hall–Kier alpha value is -4.62. The van der Waals surface area contributed by atoms with Crippen LogP contribution in [0.1, 0.15) is 46.2 Å². The molecule has 5 aromatic rings. The molecule has 0 N–H and O–H groups in total. The highest BCUT2D eigenvalue weighted by Crippen LogP contribution is 2.52. The highest BCUT2D eigenvalue weighted by Gasteiger charge is 2.38. The first-order valence-electron chi connectivity index (χ1n) is 15.6. The summed E-state index contributed by atoms with van der Waals surface area (Å²) in [5.74, 6) is 0. The topological polar surface area (TPSA) is 4.93 Å². The normalized spacial score (nSPS) is 19.3. The molecule has 0 saturated heterocycles. The van der Waals surface area contributed by atoms with Crippen LogP contribution in [0.4, 0.5) is 0 Å². The maximum absolute atomic E-state index is 3.98. The number of aryl methyl sites for hydroxylation is 1. The van der Waals surface area contributed by atoms with Crippen LogP contribution in [-0.2, 0) is 0 Å². The first-order chi connectivity index (χ1) is 20.9. The van der Waals surface area contributed by atoms with Crippen molar-refractivity contribution in [2.75, 3.05) is 0 Å². The monoisotopic (exact) mass is 559 g/mol. The smallest absolute Gasteiger partial charge is 0.0713 e. The van der Waals surface area contributed by atoms with E-state index < -0.39 is 0 Å². The Bertz CT molecular complexity index is 2050. The molecule has 1 atom stereocenters. The van der Waals surface area contributed by atoms with Crippen LogP contribution in [0.15, 0.2) is 150 Å². The Morgan fingerprint density at radius 1 is 0.767 bits per heavy atom. The van der Waals surface area contributed by atoms with E-state index in [1.54, 1.807) is 0 Å². The first kappa shape index (κ1) is 28.5. The number of allylic oxidation sites excluding steroid dienone is 11. The van der Waals surface area contributed by atoms with Crippen LogP contribution in [-0.4, -0.2) is 4.57 Å². The van der Waals surface area contributed by atoms with E-state index in [-0.39, 0.29) is 11.5 Å². The minimum absolute atomic E-state index is 0.0756. The Balaban J connectivity index is 0.00000161. The van der Waals surface area contributed by atoms with Gasteiger partial charge in [0, 0.05) is 27.2 Å². The Labute approximate surface area is 256 Å². The van der Waals surface area contributed by atoms with Crippen molar-refractivity contribution in [3.8, 4) is 11.1 Å². The number of rotatable bonds is 3. The van der Waals surface area contributed by atoms with Crippen molar-refractivity contribution >= 4 is 32.6 Å². The number of nitrogens with zero attached hydrogens (tertiary/aromatic N) is 1. The average Bonchev–Trinajstić information content (AvgIpc) is 3.31. The molecule has 214 valence electrons. The maximum Gasteiger partial charge on any atom is 0.0713 e. The molecular weight excluding hydrogens is 518 g/mol. The minimum atomic E-state index is -0.0756. The van der Waals surface area contributed by atoms with Gasteiger partial charge in [0.25, 0.3) is 0 Å². The van der Waals surface area contributed by atoms with Gasteiger partial charge in [-0.15, -0.1) is 0 Å². The Morgan fingerprint density at radius 2 is 1.42 bits per heavy atom. The Morgan fingerprint density at radius 3 is 2.16 bits per heavy atom. The van der Waals surface area contributed by atoms with Crippen LogP contribution in [0.3, 0.4) is 0 Å². The molecule has 1 aromatic heterocycles. The van der Waals surface area contributed by atoms with Crippen LogP contribution in [0.2, 0.25) is 0 Å². The summed E-state index contributed by atoms with van der Waals surface area (Å²) in [5.41, 5.74) is 11.6. The number of fused-ring (bicyclic) bond motifs is 4. The second-order valence-corrected chi connectivity index (χ2v) is 11.9. The molecule has 0 fully saturated rings. The molecule has 4 aromatic carbocycles. The van der Waals surface area contributed by atoms with E-state index in [4.69, 9.17) is 0 Å². The van der Waals surface area contributed by atoms with E-state index >= 15 is 0 Å². The molecule has 0 radical (unpaired) electrons. The van der Waals surface area contributed by atoms with E-state index in [0.29, 0.717) is 0 Å². The average molecular weight is 560 g/mol. The molecule has 1 nitrogen and oxygen atoms in total. The zero-order valence-corrected chi connectivity index (χ0v) is 26.3. The van der Waals surface area contributed by atoms with Crippen molar-refractivity contribution in [2.45, 2.75) is 47.6 Å². The minimum Gasteiger partial charge on any atom is -0.330 e. The number of aromatic nitrogens is 1. The summed E-state index contributed by atoms with van der Waals surface area (Å²) in [6, 6.07) is 29.3. The van der Waals surface area contributed by atoms with Crippen molar-refractivity contribution in [1.82, 2.24) is 4.57 Å². The van der Waals surface area contributed by atoms with Gasteiger partial charge in [-0.1, -0.05) is 131 Å². The van der Waals surface area contributed by atoms with Crippen LogP contribution < -0.4 is 0 Å². The quantitative estimate of drug-likeness (QED) is 0.207. The molecule has 2 aliphatic carbocycles. The summed E-state index contributed by atoms with van der Waals surface area (Å²) in [6.45, 7) is 17.0. The van der Waals surface area contributed by atoms with Crippen molar-refractivity contribution in [3.63, 3.8) is 0 Å². The molecule has 0 bridgehead atoms. The second kappa shape index (κ2) is 11.2. The fourth-order valence-corrected chi connectivity index (χ4v) is 6.98. The Kier molecular flexibility index (Phi) is 7.44. The zero-order valence-electron chi connectivity index (χ0n) is 26.3. The molecule has 7 rings (SSSR count). The zero-order chi connectivity index (χ0) is 30.3.